The number of nitrogens with zero attached hydrogens (tertiary/aromatic N) is 6. The Hall–Kier alpha value is -2.71. The molecule has 28 heavy (non-hydrogen) atoms. The quantitative estimate of drug-likeness (QED) is 0.612. The van der Waals surface area contributed by atoms with Crippen LogP contribution in [0.5, 0.6) is 0 Å². The normalized spacial score (nSPS) is 20.0. The number of halogens is 1. The van der Waals surface area contributed by atoms with E-state index in [-0.39, 0.29) is 11.9 Å². The fourth-order valence-corrected chi connectivity index (χ4v) is 3.91. The van der Waals surface area contributed by atoms with Crippen molar-refractivity contribution in [3.63, 3.8) is 0 Å². The molecule has 150 valence electrons. The maximum absolute atomic E-state index is 14.0. The molecule has 1 saturated heterocycles. The lowest BCUT2D eigenvalue weighted by molar-refractivity contribution is 0.591. The molecule has 4 heterocycles. The first-order valence-electron chi connectivity index (χ1n) is 9.98. The molecule has 2 aromatic heterocycles. The van der Waals surface area contributed by atoms with E-state index in [0.717, 1.165) is 43.5 Å². The molecule has 0 amide bonds. The zero-order valence-electron chi connectivity index (χ0n) is 16.2. The monoisotopic (exact) mass is 386 g/mol. The van der Waals surface area contributed by atoms with Gasteiger partial charge in [-0.3, -0.25) is 4.99 Å². The molecule has 0 saturated carbocycles. The SMILES string of the molecule is CN=C(NCc1nnc2n1CCCCC2)NC1CCN(c2ncccc2F)C1. The average Bonchev–Trinajstić information content (AvgIpc) is 3.25. The number of pyridine rings is 1. The second-order valence-corrected chi connectivity index (χ2v) is 7.31. The van der Waals surface area contributed by atoms with E-state index in [9.17, 15) is 4.39 Å². The summed E-state index contributed by atoms with van der Waals surface area (Å²) in [4.78, 5) is 10.5. The molecule has 2 aliphatic heterocycles. The fourth-order valence-electron chi connectivity index (χ4n) is 3.91. The van der Waals surface area contributed by atoms with Gasteiger partial charge in [0.25, 0.3) is 0 Å². The van der Waals surface area contributed by atoms with Crippen molar-refractivity contribution < 1.29 is 4.39 Å². The smallest absolute Gasteiger partial charge is 0.191 e. The molecule has 9 heteroatoms. The number of hydrogen-bond acceptors (Lipinski definition) is 5. The van der Waals surface area contributed by atoms with Crippen LogP contribution < -0.4 is 15.5 Å². The van der Waals surface area contributed by atoms with Gasteiger partial charge >= 0.3 is 0 Å². The van der Waals surface area contributed by atoms with Gasteiger partial charge in [0.1, 0.15) is 5.82 Å². The van der Waals surface area contributed by atoms with Crippen molar-refractivity contribution in [2.24, 2.45) is 4.99 Å². The van der Waals surface area contributed by atoms with Crippen LogP contribution in [0.4, 0.5) is 10.2 Å². The summed E-state index contributed by atoms with van der Waals surface area (Å²) in [5.74, 6) is 2.89. The Balaban J connectivity index is 1.32. The third kappa shape index (κ3) is 4.07. The number of guanidine groups is 1. The number of aryl methyl sites for hydroxylation is 1. The molecule has 2 N–H and O–H groups in total. The highest BCUT2D eigenvalue weighted by Crippen LogP contribution is 2.20. The maximum atomic E-state index is 14.0. The lowest BCUT2D eigenvalue weighted by Crippen LogP contribution is -2.44. The molecule has 2 aromatic rings. The third-order valence-corrected chi connectivity index (χ3v) is 5.39. The van der Waals surface area contributed by atoms with E-state index in [0.29, 0.717) is 18.9 Å². The molecule has 0 radical (unpaired) electrons. The van der Waals surface area contributed by atoms with Crippen LogP contribution in [-0.2, 0) is 19.5 Å². The van der Waals surface area contributed by atoms with Crippen LogP contribution >= 0.6 is 0 Å². The number of nitrogens with one attached hydrogen (secondary N) is 2. The van der Waals surface area contributed by atoms with Crippen molar-refractivity contribution in [3.8, 4) is 0 Å². The molecule has 8 nitrogen and oxygen atoms in total. The predicted molar refractivity (Wildman–Crippen MR) is 106 cm³/mol. The predicted octanol–water partition coefficient (Wildman–Crippen LogP) is 1.48. The largest absolute Gasteiger partial charge is 0.352 e. The first-order chi connectivity index (χ1) is 13.7. The van der Waals surface area contributed by atoms with Crippen LogP contribution in [0.15, 0.2) is 23.3 Å². The van der Waals surface area contributed by atoms with Crippen molar-refractivity contribution >= 4 is 11.8 Å². The van der Waals surface area contributed by atoms with Crippen LogP contribution in [0.25, 0.3) is 0 Å². The fraction of sp³-hybridized carbons (Fsp3) is 0.579. The number of aliphatic imine (C=N–C) groups is 1. The molecule has 4 rings (SSSR count). The number of fused-ring (bicyclic) bond motifs is 1. The first-order valence-corrected chi connectivity index (χ1v) is 9.98. The Kier molecular flexibility index (Phi) is 5.68. The summed E-state index contributed by atoms with van der Waals surface area (Å²) in [6.45, 7) is 3.02. The van der Waals surface area contributed by atoms with E-state index in [1.807, 2.05) is 4.90 Å². The van der Waals surface area contributed by atoms with Crippen LogP contribution in [0, 0.1) is 5.82 Å². The summed E-state index contributed by atoms with van der Waals surface area (Å²) in [5.41, 5.74) is 0. The van der Waals surface area contributed by atoms with Crippen molar-refractivity contribution in [2.75, 3.05) is 25.0 Å². The van der Waals surface area contributed by atoms with Gasteiger partial charge in [0.2, 0.25) is 0 Å². The third-order valence-electron chi connectivity index (χ3n) is 5.39. The number of hydrogen-bond donors (Lipinski definition) is 2. The second kappa shape index (κ2) is 8.53. The number of anilines is 1. The summed E-state index contributed by atoms with van der Waals surface area (Å²) >= 11 is 0. The second-order valence-electron chi connectivity index (χ2n) is 7.31. The van der Waals surface area contributed by atoms with E-state index < -0.39 is 0 Å². The highest BCUT2D eigenvalue weighted by Gasteiger charge is 2.26. The van der Waals surface area contributed by atoms with Crippen molar-refractivity contribution in [1.82, 2.24) is 30.4 Å². The zero-order valence-corrected chi connectivity index (χ0v) is 16.2. The Morgan fingerprint density at radius 3 is 3.07 bits per heavy atom. The Morgan fingerprint density at radius 1 is 1.29 bits per heavy atom. The Labute approximate surface area is 164 Å². The van der Waals surface area contributed by atoms with Crippen LogP contribution in [-0.4, -0.2) is 51.9 Å². The van der Waals surface area contributed by atoms with E-state index in [1.54, 1.807) is 19.3 Å². The van der Waals surface area contributed by atoms with Gasteiger partial charge in [-0.25, -0.2) is 9.37 Å². The summed E-state index contributed by atoms with van der Waals surface area (Å²) in [6, 6.07) is 3.25. The van der Waals surface area contributed by atoms with Gasteiger partial charge in [-0.15, -0.1) is 10.2 Å². The van der Waals surface area contributed by atoms with Crippen molar-refractivity contribution in [1.29, 1.82) is 0 Å². The molecule has 1 unspecified atom stereocenters. The number of rotatable bonds is 4. The highest BCUT2D eigenvalue weighted by atomic mass is 19.1. The molecular weight excluding hydrogens is 359 g/mol. The molecule has 1 atom stereocenters. The number of aromatic nitrogens is 4. The van der Waals surface area contributed by atoms with Gasteiger partial charge in [0.15, 0.2) is 23.4 Å². The summed E-state index contributed by atoms with van der Waals surface area (Å²) in [5, 5.41) is 15.5. The maximum Gasteiger partial charge on any atom is 0.191 e. The minimum absolute atomic E-state index is 0.183. The molecule has 0 spiro atoms. The van der Waals surface area contributed by atoms with Gasteiger partial charge in [-0.1, -0.05) is 6.42 Å². The van der Waals surface area contributed by atoms with E-state index in [2.05, 4.69) is 35.4 Å². The summed E-state index contributed by atoms with van der Waals surface area (Å²) in [7, 11) is 1.75. The molecule has 0 aromatic carbocycles. The van der Waals surface area contributed by atoms with Crippen LogP contribution in [0.3, 0.4) is 0 Å². The average molecular weight is 386 g/mol. The molecule has 2 aliphatic rings. The molecule has 0 bridgehead atoms. The van der Waals surface area contributed by atoms with Gasteiger partial charge in [-0.05, 0) is 31.4 Å². The summed E-state index contributed by atoms with van der Waals surface area (Å²) < 4.78 is 16.2. The van der Waals surface area contributed by atoms with Crippen molar-refractivity contribution in [2.45, 2.75) is 51.2 Å². The van der Waals surface area contributed by atoms with Crippen molar-refractivity contribution in [3.05, 3.63) is 35.8 Å². The van der Waals surface area contributed by atoms with Crippen LogP contribution in [0.1, 0.15) is 37.3 Å². The molecule has 1 fully saturated rings. The minimum Gasteiger partial charge on any atom is -0.352 e. The Morgan fingerprint density at radius 2 is 2.21 bits per heavy atom. The molecule has 0 aliphatic carbocycles. The lowest BCUT2D eigenvalue weighted by Gasteiger charge is -2.20. The summed E-state index contributed by atoms with van der Waals surface area (Å²) in [6.07, 6.45) is 7.13. The first kappa shape index (κ1) is 18.6. The van der Waals surface area contributed by atoms with E-state index >= 15 is 0 Å². The Bertz CT molecular complexity index is 833. The van der Waals surface area contributed by atoms with E-state index in [4.69, 9.17) is 0 Å². The van der Waals surface area contributed by atoms with Gasteiger partial charge in [-0.2, -0.15) is 0 Å². The van der Waals surface area contributed by atoms with E-state index in [1.165, 1.54) is 25.3 Å². The topological polar surface area (TPSA) is 83.3 Å². The standard InChI is InChI=1S/C19H27FN8/c1-21-19(23-12-17-26-25-16-7-3-2-4-10-28(16)17)24-14-8-11-27(13-14)18-15(20)6-5-9-22-18/h5-6,9,14H,2-4,7-8,10-13H2,1H3,(H2,21,23,24). The van der Waals surface area contributed by atoms with Crippen LogP contribution in [0.2, 0.25) is 0 Å². The highest BCUT2D eigenvalue weighted by molar-refractivity contribution is 5.80. The van der Waals surface area contributed by atoms with Gasteiger partial charge in [0.05, 0.1) is 6.54 Å². The minimum atomic E-state index is -0.279. The van der Waals surface area contributed by atoms with Gasteiger partial charge in [0, 0.05) is 45.3 Å². The lowest BCUT2D eigenvalue weighted by atomic mass is 10.2. The van der Waals surface area contributed by atoms with Gasteiger partial charge < -0.3 is 20.1 Å². The zero-order chi connectivity index (χ0) is 19.3. The molecular formula is C19H27FN8.